The zero-order chi connectivity index (χ0) is 10.6. The summed E-state index contributed by atoms with van der Waals surface area (Å²) in [4.78, 5) is 11.0. The number of halogens is 4. The molecule has 0 radical (unpaired) electrons. The number of rotatable bonds is 4. The van der Waals surface area contributed by atoms with Crippen molar-refractivity contribution in [2.24, 2.45) is 11.7 Å². The van der Waals surface area contributed by atoms with E-state index in [1.165, 1.54) is 0 Å². The van der Waals surface area contributed by atoms with E-state index in [2.05, 4.69) is 0 Å². The summed E-state index contributed by atoms with van der Waals surface area (Å²) in [6.45, 7) is 3.41. The predicted octanol–water partition coefficient (Wildman–Crippen LogP) is 2.30. The number of carbonyl (C=O) groups is 1. The molecule has 0 heterocycles. The smallest absolute Gasteiger partial charge is 0.321 e. The minimum atomic E-state index is -4.27. The molecule has 2 nitrogen and oxygen atoms in total. The van der Waals surface area contributed by atoms with E-state index in [0.29, 0.717) is 0 Å². The minimum Gasteiger partial charge on any atom is -0.321 e. The standard InChI is InChI=1S/C8H14F3NO.ClH/c1-5(2)7(12)6(13)3-4-8(9,10)11;/h5,7H,3-4,12H2,1-2H3;1H/t7-;/m1./s1. The number of Topliss-reactive ketones (excluding diaryl/α,β-unsaturated/α-hetero) is 1. The molecule has 0 aromatic carbocycles. The predicted molar refractivity (Wildman–Crippen MR) is 50.4 cm³/mol. The monoisotopic (exact) mass is 233 g/mol. The van der Waals surface area contributed by atoms with E-state index in [1.54, 1.807) is 13.8 Å². The van der Waals surface area contributed by atoms with Crippen molar-refractivity contribution in [3.63, 3.8) is 0 Å². The molecule has 0 saturated heterocycles. The summed E-state index contributed by atoms with van der Waals surface area (Å²) in [7, 11) is 0. The Hall–Kier alpha value is -0.290. The summed E-state index contributed by atoms with van der Waals surface area (Å²) in [5, 5.41) is 0. The normalized spacial score (nSPS) is 13.6. The van der Waals surface area contributed by atoms with E-state index >= 15 is 0 Å². The van der Waals surface area contributed by atoms with Crippen molar-refractivity contribution in [1.29, 1.82) is 0 Å². The van der Waals surface area contributed by atoms with Gasteiger partial charge in [0.1, 0.15) is 5.78 Å². The Morgan fingerprint density at radius 3 is 2.07 bits per heavy atom. The van der Waals surface area contributed by atoms with Crippen molar-refractivity contribution < 1.29 is 18.0 Å². The molecule has 0 bridgehead atoms. The molecule has 0 amide bonds. The number of carbonyl (C=O) groups excluding carboxylic acids is 1. The molecule has 1 atom stereocenters. The molecule has 86 valence electrons. The molecule has 2 N–H and O–H groups in total. The van der Waals surface area contributed by atoms with E-state index in [4.69, 9.17) is 5.73 Å². The van der Waals surface area contributed by atoms with Crippen molar-refractivity contribution in [2.45, 2.75) is 38.9 Å². The van der Waals surface area contributed by atoms with Crippen LogP contribution < -0.4 is 5.73 Å². The van der Waals surface area contributed by atoms with Gasteiger partial charge in [0.05, 0.1) is 12.5 Å². The molecule has 0 unspecified atom stereocenters. The van der Waals surface area contributed by atoms with E-state index in [9.17, 15) is 18.0 Å². The molecule has 0 aliphatic carbocycles. The van der Waals surface area contributed by atoms with E-state index in [-0.39, 0.29) is 18.3 Å². The van der Waals surface area contributed by atoms with E-state index in [1.807, 2.05) is 0 Å². The van der Waals surface area contributed by atoms with Crippen LogP contribution in [0.15, 0.2) is 0 Å². The zero-order valence-electron chi connectivity index (χ0n) is 8.10. The number of hydrogen-bond acceptors (Lipinski definition) is 2. The summed E-state index contributed by atoms with van der Waals surface area (Å²) in [6.07, 6.45) is -5.86. The largest absolute Gasteiger partial charge is 0.389 e. The Morgan fingerprint density at radius 1 is 1.36 bits per heavy atom. The van der Waals surface area contributed by atoms with Crippen molar-refractivity contribution in [3.05, 3.63) is 0 Å². The summed E-state index contributed by atoms with van der Waals surface area (Å²) in [5.74, 6) is -0.631. The first-order chi connectivity index (χ1) is 5.74. The third-order valence-corrected chi connectivity index (χ3v) is 1.74. The maximum absolute atomic E-state index is 11.7. The van der Waals surface area contributed by atoms with Crippen molar-refractivity contribution in [2.75, 3.05) is 0 Å². The maximum Gasteiger partial charge on any atom is 0.389 e. The molecule has 0 aliphatic rings. The molecule has 0 aromatic rings. The highest BCUT2D eigenvalue weighted by molar-refractivity contribution is 5.85. The maximum atomic E-state index is 11.7. The summed E-state index contributed by atoms with van der Waals surface area (Å²) >= 11 is 0. The highest BCUT2D eigenvalue weighted by Crippen LogP contribution is 2.22. The van der Waals surface area contributed by atoms with Crippen LogP contribution in [0.2, 0.25) is 0 Å². The fraction of sp³-hybridized carbons (Fsp3) is 0.875. The third kappa shape index (κ3) is 7.15. The topological polar surface area (TPSA) is 43.1 Å². The van der Waals surface area contributed by atoms with Crippen molar-refractivity contribution >= 4 is 18.2 Å². The summed E-state index contributed by atoms with van der Waals surface area (Å²) < 4.78 is 35.1. The SMILES string of the molecule is CC(C)[C@@H](N)C(=O)CCC(F)(F)F.Cl. The summed E-state index contributed by atoms with van der Waals surface area (Å²) in [6, 6.07) is -0.776. The highest BCUT2D eigenvalue weighted by atomic mass is 35.5. The molecule has 0 aliphatic heterocycles. The lowest BCUT2D eigenvalue weighted by Gasteiger charge is -2.14. The first-order valence-corrected chi connectivity index (χ1v) is 4.09. The van der Waals surface area contributed by atoms with Gasteiger partial charge in [0.25, 0.3) is 0 Å². The third-order valence-electron chi connectivity index (χ3n) is 1.74. The molecule has 0 rings (SSSR count). The number of ketones is 1. The second kappa shape index (κ2) is 6.24. The fourth-order valence-corrected chi connectivity index (χ4v) is 0.803. The molecule has 6 heteroatoms. The number of nitrogens with two attached hydrogens (primary N) is 1. The summed E-state index contributed by atoms with van der Waals surface area (Å²) in [5.41, 5.74) is 5.37. The lowest BCUT2D eigenvalue weighted by Crippen LogP contribution is -2.36. The van der Waals surface area contributed by atoms with Crippen molar-refractivity contribution in [1.82, 2.24) is 0 Å². The molecule has 0 aromatic heterocycles. The van der Waals surface area contributed by atoms with Crippen LogP contribution in [0.5, 0.6) is 0 Å². The van der Waals surface area contributed by atoms with E-state index < -0.39 is 30.8 Å². The van der Waals surface area contributed by atoms with Gasteiger partial charge in [-0.1, -0.05) is 13.8 Å². The second-order valence-electron chi connectivity index (χ2n) is 3.35. The lowest BCUT2D eigenvalue weighted by molar-refractivity contribution is -0.144. The van der Waals surface area contributed by atoms with Crippen LogP contribution in [-0.4, -0.2) is 18.0 Å². The molecule has 0 saturated carbocycles. The zero-order valence-corrected chi connectivity index (χ0v) is 8.91. The van der Waals surface area contributed by atoms with Crippen LogP contribution >= 0.6 is 12.4 Å². The van der Waals surface area contributed by atoms with Crippen molar-refractivity contribution in [3.8, 4) is 0 Å². The van der Waals surface area contributed by atoms with Crippen LogP contribution in [0, 0.1) is 5.92 Å². The van der Waals surface area contributed by atoms with Crippen LogP contribution in [0.25, 0.3) is 0 Å². The van der Waals surface area contributed by atoms with Gasteiger partial charge < -0.3 is 5.73 Å². The lowest BCUT2D eigenvalue weighted by atomic mass is 9.98. The number of alkyl halides is 3. The Bertz CT molecular complexity index is 182. The highest BCUT2D eigenvalue weighted by Gasteiger charge is 2.29. The van der Waals surface area contributed by atoms with Gasteiger partial charge in [-0.05, 0) is 5.92 Å². The average Bonchev–Trinajstić information content (AvgIpc) is 1.97. The first-order valence-electron chi connectivity index (χ1n) is 4.09. The minimum absolute atomic E-state index is 0. The Morgan fingerprint density at radius 2 is 1.79 bits per heavy atom. The van der Waals surface area contributed by atoms with Gasteiger partial charge in [0, 0.05) is 6.42 Å². The van der Waals surface area contributed by atoms with Gasteiger partial charge in [-0.15, -0.1) is 12.4 Å². The van der Waals surface area contributed by atoms with Gasteiger partial charge in [-0.2, -0.15) is 13.2 Å². The van der Waals surface area contributed by atoms with Crippen LogP contribution in [0.4, 0.5) is 13.2 Å². The Labute approximate surface area is 87.4 Å². The van der Waals surface area contributed by atoms with Crippen LogP contribution in [-0.2, 0) is 4.79 Å². The first kappa shape index (κ1) is 16.2. The molecule has 14 heavy (non-hydrogen) atoms. The van der Waals surface area contributed by atoms with Gasteiger partial charge >= 0.3 is 6.18 Å². The quantitative estimate of drug-likeness (QED) is 0.810. The number of hydrogen-bond donors (Lipinski definition) is 1. The van der Waals surface area contributed by atoms with Gasteiger partial charge in [-0.25, -0.2) is 0 Å². The molecular weight excluding hydrogens is 219 g/mol. The fourth-order valence-electron chi connectivity index (χ4n) is 0.803. The van der Waals surface area contributed by atoms with Crippen LogP contribution in [0.1, 0.15) is 26.7 Å². The molecular formula is C8H15ClF3NO. The molecule has 0 spiro atoms. The van der Waals surface area contributed by atoms with E-state index in [0.717, 1.165) is 0 Å². The van der Waals surface area contributed by atoms with Crippen LogP contribution in [0.3, 0.4) is 0 Å². The second-order valence-corrected chi connectivity index (χ2v) is 3.35. The van der Waals surface area contributed by atoms with Gasteiger partial charge in [-0.3, -0.25) is 4.79 Å². The Balaban J connectivity index is 0. The molecule has 0 fully saturated rings. The van der Waals surface area contributed by atoms with Gasteiger partial charge in [0.2, 0.25) is 0 Å². The van der Waals surface area contributed by atoms with Gasteiger partial charge in [0.15, 0.2) is 0 Å². The average molecular weight is 234 g/mol. The Kier molecular flexibility index (Phi) is 7.20.